The van der Waals surface area contributed by atoms with E-state index in [1.807, 2.05) is 0 Å². The number of fused-ring (bicyclic) bond motifs is 1. The van der Waals surface area contributed by atoms with Crippen LogP contribution in [0.3, 0.4) is 0 Å². The van der Waals surface area contributed by atoms with Crippen molar-refractivity contribution in [3.05, 3.63) is 64.9 Å². The Balaban J connectivity index is 2.35. The zero-order valence-corrected chi connectivity index (χ0v) is 17.5. The predicted molar refractivity (Wildman–Crippen MR) is 129 cm³/mol. The van der Waals surface area contributed by atoms with E-state index in [0.29, 0.717) is 6.08 Å². The Morgan fingerprint density at radius 3 is 3.03 bits per heavy atom. The Kier molecular flexibility index (Phi) is 3.58. The molecule has 2 aromatic carbocycles. The first kappa shape index (κ1) is 11.0. The van der Waals surface area contributed by atoms with E-state index in [-0.39, 0.29) is 4.90 Å². The molecule has 1 aromatic heterocycles. The fourth-order valence-electron chi connectivity index (χ4n) is 2.44. The number of benzene rings is 2. The van der Waals surface area contributed by atoms with Crippen molar-refractivity contribution in [3.63, 3.8) is 0 Å². The molecule has 170 valence electrons. The average molecular weight is 483 g/mol. The number of nitrogens with zero attached hydrogens (tertiary/aromatic N) is 3. The number of hydrogen-bond donors (Lipinski definition) is 2. The Labute approximate surface area is 217 Å². The second-order valence-electron chi connectivity index (χ2n) is 5.99. The third-order valence-corrected chi connectivity index (χ3v) is 4.02. The maximum Gasteiger partial charge on any atom is 0.248 e. The number of ether oxygens (including phenoxy) is 1. The third-order valence-electron chi connectivity index (χ3n) is 3.76. The van der Waals surface area contributed by atoms with E-state index in [4.69, 9.17) is 36.9 Å². The monoisotopic (exact) mass is 482 g/mol. The minimum Gasteiger partial charge on any atom is -0.492 e. The molecule has 1 amide bonds. The lowest BCUT2D eigenvalue weighted by Gasteiger charge is -2.16. The highest BCUT2D eigenvalue weighted by Gasteiger charge is 2.15. The largest absolute Gasteiger partial charge is 0.492 e. The summed E-state index contributed by atoms with van der Waals surface area (Å²) in [6, 6.07) is -3.94. The maximum absolute atomic E-state index is 14.3. The van der Waals surface area contributed by atoms with Gasteiger partial charge in [0.05, 0.1) is 46.4 Å². The molecule has 2 N–H and O–H groups in total. The number of carbonyl (C=O) groups is 1. The quantitative estimate of drug-likeness (QED) is 0.434. The Morgan fingerprint density at radius 1 is 1.48 bits per heavy atom. The number of amides is 1. The number of likely N-dealkylation sites (N-methyl/N-ethyl adjacent to an activating group) is 1. The summed E-state index contributed by atoms with van der Waals surface area (Å²) in [5, 5.41) is 12.9. The van der Waals surface area contributed by atoms with Crippen LogP contribution in [0.2, 0.25) is 5.02 Å². The van der Waals surface area contributed by atoms with E-state index < -0.39 is 126 Å². The normalized spacial score (nSPS) is 19.1. The summed E-state index contributed by atoms with van der Waals surface area (Å²) in [4.78, 5) is 17.0. The average Bonchev–Trinajstić information content (AvgIpc) is 2.95. The summed E-state index contributed by atoms with van der Waals surface area (Å²) in [5.74, 6) is -3.64. The zero-order valence-electron chi connectivity index (χ0n) is 31.7. The highest BCUT2D eigenvalue weighted by molar-refractivity contribution is 6.31. The maximum atomic E-state index is 14.3. The molecule has 0 spiro atoms. The van der Waals surface area contributed by atoms with Crippen LogP contribution in [-0.4, -0.2) is 42.8 Å². The molecule has 0 bridgehead atoms. The molecule has 0 atom stereocenters. The van der Waals surface area contributed by atoms with E-state index >= 15 is 0 Å². The van der Waals surface area contributed by atoms with Crippen molar-refractivity contribution in [2.75, 3.05) is 37.7 Å². The van der Waals surface area contributed by atoms with Gasteiger partial charge in [-0.25, -0.2) is 4.39 Å². The molecule has 3 aromatic rings. The number of anilines is 3. The van der Waals surface area contributed by atoms with Crippen LogP contribution >= 0.6 is 11.6 Å². The van der Waals surface area contributed by atoms with Crippen LogP contribution in [0.4, 0.5) is 21.5 Å². The van der Waals surface area contributed by atoms with Gasteiger partial charge in [-0.05, 0) is 45.0 Å². The smallest absolute Gasteiger partial charge is 0.248 e. The molecule has 0 radical (unpaired) electrons. The second-order valence-corrected chi connectivity index (χ2v) is 6.36. The second kappa shape index (κ2) is 10.8. The van der Waals surface area contributed by atoms with E-state index in [1.165, 1.54) is 0 Å². The van der Waals surface area contributed by atoms with Crippen LogP contribution in [0.15, 0.2) is 48.5 Å². The van der Waals surface area contributed by atoms with Crippen LogP contribution in [-0.2, 0) is 4.79 Å². The van der Waals surface area contributed by atoms with Crippen molar-refractivity contribution in [2.45, 2.75) is 6.92 Å². The number of rotatable bonds is 8. The van der Waals surface area contributed by atoms with Crippen LogP contribution in [0.25, 0.3) is 10.9 Å². The lowest BCUT2D eigenvalue weighted by atomic mass is 10.1. The summed E-state index contributed by atoms with van der Waals surface area (Å²) in [5.41, 5.74) is -3.26. The Hall–Kier alpha value is -3.67. The van der Waals surface area contributed by atoms with Crippen molar-refractivity contribution in [3.8, 4) is 11.8 Å². The molecule has 0 saturated carbocycles. The van der Waals surface area contributed by atoms with Crippen LogP contribution in [0.1, 0.15) is 33.0 Å². The summed E-state index contributed by atoms with van der Waals surface area (Å²) in [7, 11) is 0. The van der Waals surface area contributed by atoms with E-state index in [2.05, 4.69) is 15.6 Å². The first-order chi connectivity index (χ1) is 21.8. The van der Waals surface area contributed by atoms with Gasteiger partial charge in [-0.1, -0.05) is 17.7 Å². The van der Waals surface area contributed by atoms with Crippen LogP contribution < -0.4 is 15.4 Å². The van der Waals surface area contributed by atoms with Crippen LogP contribution in [0, 0.1) is 17.1 Å². The number of halogens is 2. The molecular weight excluding hydrogens is 445 g/mol. The summed E-state index contributed by atoms with van der Waals surface area (Å²) in [6.45, 7) is -8.93. The van der Waals surface area contributed by atoms with Gasteiger partial charge in [0.15, 0.2) is 0 Å². The molecule has 1 heterocycles. The molecule has 0 aliphatic heterocycles. The summed E-state index contributed by atoms with van der Waals surface area (Å²) in [6.07, 6.45) is -0.179. The van der Waals surface area contributed by atoms with Gasteiger partial charge in [0.2, 0.25) is 5.91 Å². The van der Waals surface area contributed by atoms with Gasteiger partial charge in [0.25, 0.3) is 0 Å². The third kappa shape index (κ3) is 5.98. The fourth-order valence-corrected chi connectivity index (χ4v) is 2.58. The Bertz CT molecular complexity index is 1850. The van der Waals surface area contributed by atoms with Gasteiger partial charge >= 0.3 is 0 Å². The van der Waals surface area contributed by atoms with Crippen LogP contribution in [0.5, 0.6) is 5.75 Å². The molecule has 0 fully saturated rings. The van der Waals surface area contributed by atoms with Gasteiger partial charge in [0.1, 0.15) is 17.6 Å². The molecule has 0 aliphatic rings. The van der Waals surface area contributed by atoms with Gasteiger partial charge in [0, 0.05) is 44.1 Å². The van der Waals surface area contributed by atoms with Crippen molar-refractivity contribution in [1.29, 1.82) is 5.26 Å². The van der Waals surface area contributed by atoms with Gasteiger partial charge < -0.3 is 20.3 Å². The van der Waals surface area contributed by atoms with E-state index in [1.54, 1.807) is 6.07 Å². The number of hydrogen-bond acceptors (Lipinski definition) is 6. The number of aromatic nitrogens is 1. The first-order valence-electron chi connectivity index (χ1n) is 16.4. The lowest BCUT2D eigenvalue weighted by molar-refractivity contribution is -0.111. The molecule has 0 aliphatic carbocycles. The summed E-state index contributed by atoms with van der Waals surface area (Å²) >= 11 is 5.82. The standard InChI is InChI=1S/C24H23ClFN5O2/c1-4-33-22-12-20-17(11-21(22)30-23(32)6-5-9-31(2)3)24(15(13-27)14-28-20)29-16-7-8-19(26)18(25)10-16/h5-8,10-12,14H,4,9H2,1-3H3,(H,28,29)(H,30,32)/b6-5+/i2D3,3D3,4D2,6D,7D,8D,10D,11D,12D,14D. The van der Waals surface area contributed by atoms with Crippen molar-refractivity contribution >= 4 is 45.5 Å². The highest BCUT2D eigenvalue weighted by Crippen LogP contribution is 2.36. The predicted octanol–water partition coefficient (Wildman–Crippen LogP) is 5.10. The summed E-state index contributed by atoms with van der Waals surface area (Å²) < 4.78 is 138. The molecule has 9 heteroatoms. The zero-order chi connectivity index (χ0) is 36.8. The van der Waals surface area contributed by atoms with Crippen molar-refractivity contribution < 1.29 is 34.5 Å². The molecule has 7 nitrogen and oxygen atoms in total. The Morgan fingerprint density at radius 2 is 2.30 bits per heavy atom. The number of nitriles is 1. The molecule has 33 heavy (non-hydrogen) atoms. The van der Waals surface area contributed by atoms with Crippen molar-refractivity contribution in [1.82, 2.24) is 9.88 Å². The number of carbonyl (C=O) groups excluding carboxylic acids is 1. The first-order valence-corrected chi connectivity index (χ1v) is 9.25. The molecule has 0 unspecified atom stereocenters. The SMILES string of the molecule is [2H]/C(=C\CN(C([2H])([2H])[2H])C([2H])([2H])[2H])C(=O)Nc1c(OC([2H])([2H])C)c([2H])c2nc([2H])c(C#N)c(Nc3c([2H])c([2H])c(F)c(Cl)c3[2H])c2c1[2H]. The van der Waals surface area contributed by atoms with E-state index in [9.17, 15) is 14.4 Å². The molecule has 0 saturated heterocycles. The van der Waals surface area contributed by atoms with E-state index in [0.717, 1.165) is 6.92 Å². The van der Waals surface area contributed by atoms with Gasteiger partial charge in [-0.15, -0.1) is 0 Å². The molecular formula is C24H23ClFN5O2. The number of nitrogens with one attached hydrogen (secondary N) is 2. The molecule has 3 rings (SSSR count). The minimum absolute atomic E-state index is 0.0480. The topological polar surface area (TPSA) is 90.3 Å². The number of pyridine rings is 1. The lowest BCUT2D eigenvalue weighted by Crippen LogP contribution is -2.13. The fraction of sp³-hybridized carbons (Fsp3) is 0.208. The van der Waals surface area contributed by atoms with Gasteiger partial charge in [-0.2, -0.15) is 5.26 Å². The highest BCUT2D eigenvalue weighted by atomic mass is 35.5. The van der Waals surface area contributed by atoms with Gasteiger partial charge in [-0.3, -0.25) is 9.78 Å². The minimum atomic E-state index is -3.15. The van der Waals surface area contributed by atoms with Crippen molar-refractivity contribution in [2.24, 2.45) is 0 Å².